The molecular formula is C12H9FN4O2. The maximum absolute atomic E-state index is 13.6. The molecule has 19 heavy (non-hydrogen) atoms. The predicted octanol–water partition coefficient (Wildman–Crippen LogP) is 1.22. The Bertz CT molecular complexity index is 688. The van der Waals surface area contributed by atoms with Gasteiger partial charge < -0.3 is 10.8 Å². The quantitative estimate of drug-likeness (QED) is 0.863. The molecule has 0 spiro atoms. The standard InChI is InChI=1S/C12H9FN4O2/c13-9-3-7(4-14)1-2-8(9)5-17-6-10(15)11(16-17)12(18)19/h1-3,6H,5,15H2,(H,18,19). The highest BCUT2D eigenvalue weighted by atomic mass is 19.1. The Labute approximate surface area is 107 Å². The van der Waals surface area contributed by atoms with Crippen molar-refractivity contribution in [1.82, 2.24) is 9.78 Å². The van der Waals surface area contributed by atoms with Crippen LogP contribution in [0.15, 0.2) is 24.4 Å². The van der Waals surface area contributed by atoms with Crippen molar-refractivity contribution in [2.24, 2.45) is 0 Å². The molecule has 0 saturated carbocycles. The first kappa shape index (κ1) is 12.6. The van der Waals surface area contributed by atoms with Gasteiger partial charge in [0.05, 0.1) is 23.9 Å². The SMILES string of the molecule is N#Cc1ccc(Cn2cc(N)c(C(=O)O)n2)c(F)c1. The summed E-state index contributed by atoms with van der Waals surface area (Å²) in [6.45, 7) is 0.0367. The fourth-order valence-corrected chi connectivity index (χ4v) is 1.60. The number of rotatable bonds is 3. The van der Waals surface area contributed by atoms with Crippen molar-refractivity contribution in [1.29, 1.82) is 5.26 Å². The molecule has 0 fully saturated rings. The summed E-state index contributed by atoms with van der Waals surface area (Å²) in [6.07, 6.45) is 1.32. The largest absolute Gasteiger partial charge is 0.476 e. The number of anilines is 1. The summed E-state index contributed by atoms with van der Waals surface area (Å²) in [7, 11) is 0. The number of benzene rings is 1. The molecule has 1 aromatic heterocycles. The van der Waals surface area contributed by atoms with Crippen LogP contribution in [0.2, 0.25) is 0 Å². The number of nitriles is 1. The van der Waals surface area contributed by atoms with E-state index >= 15 is 0 Å². The summed E-state index contributed by atoms with van der Waals surface area (Å²) in [4.78, 5) is 10.8. The van der Waals surface area contributed by atoms with Crippen LogP contribution >= 0.6 is 0 Å². The molecule has 2 rings (SSSR count). The van der Waals surface area contributed by atoms with Crippen molar-refractivity contribution >= 4 is 11.7 Å². The van der Waals surface area contributed by atoms with E-state index in [1.165, 1.54) is 23.0 Å². The number of hydrogen-bond acceptors (Lipinski definition) is 4. The number of halogens is 1. The molecule has 0 unspecified atom stereocenters. The van der Waals surface area contributed by atoms with Gasteiger partial charge in [-0.2, -0.15) is 10.4 Å². The maximum atomic E-state index is 13.6. The molecule has 0 radical (unpaired) electrons. The third kappa shape index (κ3) is 2.52. The molecule has 7 heteroatoms. The molecule has 3 N–H and O–H groups in total. The van der Waals surface area contributed by atoms with Gasteiger partial charge in [-0.1, -0.05) is 6.07 Å². The molecule has 1 heterocycles. The van der Waals surface area contributed by atoms with Gasteiger partial charge in [0.1, 0.15) is 5.82 Å². The van der Waals surface area contributed by atoms with E-state index in [-0.39, 0.29) is 23.5 Å². The average Bonchev–Trinajstić information content (AvgIpc) is 2.73. The Morgan fingerprint density at radius 1 is 1.58 bits per heavy atom. The number of nitrogens with zero attached hydrogens (tertiary/aromatic N) is 3. The molecular weight excluding hydrogens is 251 g/mol. The lowest BCUT2D eigenvalue weighted by atomic mass is 10.1. The van der Waals surface area contributed by atoms with Crippen molar-refractivity contribution in [3.63, 3.8) is 0 Å². The van der Waals surface area contributed by atoms with Crippen LogP contribution in [0.3, 0.4) is 0 Å². The lowest BCUT2D eigenvalue weighted by Gasteiger charge is -2.03. The van der Waals surface area contributed by atoms with Crippen molar-refractivity contribution in [3.8, 4) is 6.07 Å². The fourth-order valence-electron chi connectivity index (χ4n) is 1.60. The third-order valence-corrected chi connectivity index (χ3v) is 2.51. The van der Waals surface area contributed by atoms with Crippen LogP contribution in [-0.2, 0) is 6.54 Å². The zero-order valence-corrected chi connectivity index (χ0v) is 9.67. The van der Waals surface area contributed by atoms with Gasteiger partial charge >= 0.3 is 5.97 Å². The van der Waals surface area contributed by atoms with Gasteiger partial charge in [0.15, 0.2) is 5.69 Å². The number of aromatic nitrogens is 2. The Hall–Kier alpha value is -2.88. The lowest BCUT2D eigenvalue weighted by Crippen LogP contribution is -2.05. The molecule has 0 atom stereocenters. The molecule has 6 nitrogen and oxygen atoms in total. The summed E-state index contributed by atoms with van der Waals surface area (Å²) < 4.78 is 14.9. The summed E-state index contributed by atoms with van der Waals surface area (Å²) in [5.41, 5.74) is 5.73. The minimum atomic E-state index is -1.24. The third-order valence-electron chi connectivity index (χ3n) is 2.51. The zero-order chi connectivity index (χ0) is 14.0. The second-order valence-electron chi connectivity index (χ2n) is 3.85. The van der Waals surface area contributed by atoms with Gasteiger partial charge in [-0.25, -0.2) is 9.18 Å². The average molecular weight is 260 g/mol. The fraction of sp³-hybridized carbons (Fsp3) is 0.0833. The van der Waals surface area contributed by atoms with Crippen molar-refractivity contribution < 1.29 is 14.3 Å². The molecule has 0 aliphatic rings. The van der Waals surface area contributed by atoms with Gasteiger partial charge in [-0.3, -0.25) is 4.68 Å². The molecule has 0 aliphatic heterocycles. The number of carbonyl (C=O) groups is 1. The van der Waals surface area contributed by atoms with Crippen LogP contribution < -0.4 is 5.73 Å². The first-order chi connectivity index (χ1) is 9.01. The predicted molar refractivity (Wildman–Crippen MR) is 63.8 cm³/mol. The Morgan fingerprint density at radius 2 is 2.32 bits per heavy atom. The summed E-state index contributed by atoms with van der Waals surface area (Å²) >= 11 is 0. The Balaban J connectivity index is 2.29. The summed E-state index contributed by atoms with van der Waals surface area (Å²) in [5, 5.41) is 21.2. The van der Waals surface area contributed by atoms with E-state index in [4.69, 9.17) is 16.1 Å². The van der Waals surface area contributed by atoms with Crippen LogP contribution in [-0.4, -0.2) is 20.9 Å². The van der Waals surface area contributed by atoms with Crippen molar-refractivity contribution in [2.45, 2.75) is 6.54 Å². The minimum Gasteiger partial charge on any atom is -0.476 e. The van der Waals surface area contributed by atoms with Crippen LogP contribution in [0.1, 0.15) is 21.6 Å². The van der Waals surface area contributed by atoms with Gasteiger partial charge in [-0.15, -0.1) is 0 Å². The highest BCUT2D eigenvalue weighted by Gasteiger charge is 2.14. The number of nitrogens with two attached hydrogens (primary N) is 1. The van der Waals surface area contributed by atoms with Gasteiger partial charge in [0.25, 0.3) is 0 Å². The Kier molecular flexibility index (Phi) is 3.16. The molecule has 1 aromatic carbocycles. The normalized spacial score (nSPS) is 10.1. The van der Waals surface area contributed by atoms with E-state index in [0.717, 1.165) is 6.07 Å². The molecule has 0 amide bonds. The lowest BCUT2D eigenvalue weighted by molar-refractivity contribution is 0.0690. The molecule has 0 bridgehead atoms. The topological polar surface area (TPSA) is 105 Å². The smallest absolute Gasteiger partial charge is 0.358 e. The number of carboxylic acid groups (broad SMARTS) is 1. The van der Waals surface area contributed by atoms with E-state index in [2.05, 4.69) is 5.10 Å². The molecule has 96 valence electrons. The van der Waals surface area contributed by atoms with E-state index in [9.17, 15) is 9.18 Å². The van der Waals surface area contributed by atoms with E-state index in [1.54, 1.807) is 0 Å². The van der Waals surface area contributed by atoms with Crippen LogP contribution in [0.5, 0.6) is 0 Å². The first-order valence-electron chi connectivity index (χ1n) is 5.26. The van der Waals surface area contributed by atoms with Crippen LogP contribution in [0.4, 0.5) is 10.1 Å². The number of hydrogen-bond donors (Lipinski definition) is 2. The summed E-state index contributed by atoms with van der Waals surface area (Å²) in [6, 6.07) is 5.86. The second-order valence-corrected chi connectivity index (χ2v) is 3.85. The summed E-state index contributed by atoms with van der Waals surface area (Å²) in [5.74, 6) is -1.79. The van der Waals surface area contributed by atoms with Gasteiger partial charge in [-0.05, 0) is 12.1 Å². The number of aromatic carboxylic acids is 1. The zero-order valence-electron chi connectivity index (χ0n) is 9.67. The highest BCUT2D eigenvalue weighted by Crippen LogP contribution is 2.14. The van der Waals surface area contributed by atoms with E-state index in [1.807, 2.05) is 6.07 Å². The van der Waals surface area contributed by atoms with Gasteiger partial charge in [0.2, 0.25) is 0 Å². The monoisotopic (exact) mass is 260 g/mol. The van der Waals surface area contributed by atoms with E-state index < -0.39 is 11.8 Å². The first-order valence-corrected chi connectivity index (χ1v) is 5.26. The van der Waals surface area contributed by atoms with E-state index in [0.29, 0.717) is 5.56 Å². The molecule has 0 saturated heterocycles. The molecule has 2 aromatic rings. The van der Waals surface area contributed by atoms with Gasteiger partial charge in [0, 0.05) is 11.8 Å². The van der Waals surface area contributed by atoms with Crippen molar-refractivity contribution in [2.75, 3.05) is 5.73 Å². The number of nitrogen functional groups attached to an aromatic ring is 1. The second kappa shape index (κ2) is 4.78. The maximum Gasteiger partial charge on any atom is 0.358 e. The Morgan fingerprint density at radius 3 is 2.84 bits per heavy atom. The van der Waals surface area contributed by atoms with Crippen LogP contribution in [0.25, 0.3) is 0 Å². The van der Waals surface area contributed by atoms with Crippen LogP contribution in [0, 0.1) is 17.1 Å². The minimum absolute atomic E-state index is 0.0153. The number of carboxylic acids is 1. The van der Waals surface area contributed by atoms with Crippen molar-refractivity contribution in [3.05, 3.63) is 47.0 Å². The molecule has 0 aliphatic carbocycles. The highest BCUT2D eigenvalue weighted by molar-refractivity contribution is 5.91.